The summed E-state index contributed by atoms with van der Waals surface area (Å²) in [6.07, 6.45) is 6.79. The Morgan fingerprint density at radius 2 is 1.95 bits per heavy atom. The molecule has 0 saturated carbocycles. The molecule has 1 aromatic rings. The molecule has 1 aliphatic carbocycles. The maximum absolute atomic E-state index is 12.2. The minimum Gasteiger partial charge on any atom is -0.367 e. The van der Waals surface area contributed by atoms with E-state index in [1.165, 1.54) is 6.42 Å². The van der Waals surface area contributed by atoms with Crippen molar-refractivity contribution >= 4 is 11.8 Å². The third-order valence-electron chi connectivity index (χ3n) is 4.01. The number of rotatable bonds is 5. The van der Waals surface area contributed by atoms with Crippen LogP contribution in [-0.4, -0.2) is 11.8 Å². The van der Waals surface area contributed by atoms with Crippen molar-refractivity contribution in [2.45, 2.75) is 44.6 Å². The van der Waals surface area contributed by atoms with Gasteiger partial charge < -0.3 is 11.1 Å². The molecule has 0 aliphatic heterocycles. The largest absolute Gasteiger partial charge is 0.367 e. The molecule has 0 aromatic heterocycles. The fourth-order valence-electron chi connectivity index (χ4n) is 2.64. The molecule has 1 aliphatic rings. The standard InChI is InChI=1S/C17H22N2O2/c1-17(16(18)21,14-10-6-3-7-11-14)19-15(20)12-13-8-4-2-5-9-13/h3,6-8,10-11H,2,4-5,9,12H2,1H3,(H2,18,21)(H,19,20). The number of hydrogen-bond donors (Lipinski definition) is 2. The molecule has 0 radical (unpaired) electrons. The van der Waals surface area contributed by atoms with Gasteiger partial charge in [0, 0.05) is 6.42 Å². The number of nitrogens with two attached hydrogens (primary N) is 1. The van der Waals surface area contributed by atoms with E-state index in [9.17, 15) is 9.59 Å². The number of benzene rings is 1. The second-order valence-electron chi connectivity index (χ2n) is 5.69. The number of allylic oxidation sites excluding steroid dienone is 1. The van der Waals surface area contributed by atoms with E-state index in [0.29, 0.717) is 12.0 Å². The lowest BCUT2D eigenvalue weighted by atomic mass is 9.90. The van der Waals surface area contributed by atoms with Gasteiger partial charge in [0.1, 0.15) is 5.54 Å². The molecule has 0 fully saturated rings. The molecule has 0 heterocycles. The molecule has 0 saturated heterocycles. The first-order valence-corrected chi connectivity index (χ1v) is 7.37. The van der Waals surface area contributed by atoms with Gasteiger partial charge in [0.05, 0.1) is 0 Å². The fraction of sp³-hybridized carbons (Fsp3) is 0.412. The van der Waals surface area contributed by atoms with Crippen molar-refractivity contribution in [3.63, 3.8) is 0 Å². The molecule has 4 nitrogen and oxygen atoms in total. The average Bonchev–Trinajstić information content (AvgIpc) is 2.48. The molecule has 3 N–H and O–H groups in total. The Balaban J connectivity index is 2.11. The van der Waals surface area contributed by atoms with Crippen LogP contribution in [0.2, 0.25) is 0 Å². The van der Waals surface area contributed by atoms with Gasteiger partial charge in [0.25, 0.3) is 0 Å². The van der Waals surface area contributed by atoms with Crippen molar-refractivity contribution in [2.24, 2.45) is 5.73 Å². The first-order chi connectivity index (χ1) is 10.0. The van der Waals surface area contributed by atoms with Gasteiger partial charge in [-0.15, -0.1) is 0 Å². The van der Waals surface area contributed by atoms with Crippen LogP contribution in [-0.2, 0) is 15.1 Å². The summed E-state index contributed by atoms with van der Waals surface area (Å²) >= 11 is 0. The number of amides is 2. The lowest BCUT2D eigenvalue weighted by molar-refractivity contribution is -0.131. The van der Waals surface area contributed by atoms with E-state index in [4.69, 9.17) is 5.73 Å². The van der Waals surface area contributed by atoms with Gasteiger partial charge in [-0.1, -0.05) is 42.0 Å². The summed E-state index contributed by atoms with van der Waals surface area (Å²) < 4.78 is 0. The maximum atomic E-state index is 12.2. The molecule has 4 heteroatoms. The molecule has 112 valence electrons. The monoisotopic (exact) mass is 286 g/mol. The minimum absolute atomic E-state index is 0.159. The van der Waals surface area contributed by atoms with Crippen LogP contribution in [0.5, 0.6) is 0 Å². The molecule has 21 heavy (non-hydrogen) atoms. The van der Waals surface area contributed by atoms with Crippen LogP contribution in [0.25, 0.3) is 0 Å². The quantitative estimate of drug-likeness (QED) is 0.816. The van der Waals surface area contributed by atoms with Crippen molar-refractivity contribution in [3.8, 4) is 0 Å². The zero-order valence-corrected chi connectivity index (χ0v) is 12.4. The Morgan fingerprint density at radius 3 is 2.52 bits per heavy atom. The van der Waals surface area contributed by atoms with E-state index >= 15 is 0 Å². The van der Waals surface area contributed by atoms with Crippen molar-refractivity contribution in [1.29, 1.82) is 0 Å². The summed E-state index contributed by atoms with van der Waals surface area (Å²) in [5.41, 5.74) is 6.19. The molecular weight excluding hydrogens is 264 g/mol. The van der Waals surface area contributed by atoms with Gasteiger partial charge in [-0.25, -0.2) is 0 Å². The SMILES string of the molecule is CC(NC(=O)CC1=CCCCC1)(C(N)=O)c1ccccc1. The Bertz CT molecular complexity index is 551. The van der Waals surface area contributed by atoms with Gasteiger partial charge in [0.15, 0.2) is 0 Å². The van der Waals surface area contributed by atoms with E-state index in [2.05, 4.69) is 11.4 Å². The topological polar surface area (TPSA) is 72.2 Å². The third-order valence-corrected chi connectivity index (χ3v) is 4.01. The van der Waals surface area contributed by atoms with Gasteiger partial charge in [-0.3, -0.25) is 9.59 Å². The summed E-state index contributed by atoms with van der Waals surface area (Å²) in [5.74, 6) is -0.715. The zero-order valence-electron chi connectivity index (χ0n) is 12.4. The van der Waals surface area contributed by atoms with Crippen LogP contribution in [0.15, 0.2) is 42.0 Å². The average molecular weight is 286 g/mol. The predicted molar refractivity (Wildman–Crippen MR) is 82.3 cm³/mol. The first kappa shape index (κ1) is 15.3. The van der Waals surface area contributed by atoms with Crippen LogP contribution >= 0.6 is 0 Å². The predicted octanol–water partition coefficient (Wildman–Crippen LogP) is 2.39. The van der Waals surface area contributed by atoms with Crippen molar-refractivity contribution in [2.75, 3.05) is 0 Å². The molecule has 1 unspecified atom stereocenters. The highest BCUT2D eigenvalue weighted by atomic mass is 16.2. The van der Waals surface area contributed by atoms with Crippen LogP contribution in [0.4, 0.5) is 0 Å². The normalized spacial score (nSPS) is 17.5. The van der Waals surface area contributed by atoms with Crippen LogP contribution in [0.3, 0.4) is 0 Å². The van der Waals surface area contributed by atoms with Crippen LogP contribution in [0, 0.1) is 0 Å². The highest BCUT2D eigenvalue weighted by Crippen LogP contribution is 2.23. The smallest absolute Gasteiger partial charge is 0.247 e. The van der Waals surface area contributed by atoms with Crippen molar-refractivity contribution in [1.82, 2.24) is 5.32 Å². The Kier molecular flexibility index (Phi) is 4.78. The summed E-state index contributed by atoms with van der Waals surface area (Å²) in [5, 5.41) is 2.80. The molecule has 0 spiro atoms. The molecular formula is C17H22N2O2. The molecule has 1 atom stereocenters. The van der Waals surface area contributed by atoms with Crippen molar-refractivity contribution < 1.29 is 9.59 Å². The number of primary amides is 1. The molecule has 2 amide bonds. The summed E-state index contributed by atoms with van der Waals surface area (Å²) in [6, 6.07) is 9.11. The van der Waals surface area contributed by atoms with Gasteiger partial charge in [-0.2, -0.15) is 0 Å². The van der Waals surface area contributed by atoms with Crippen molar-refractivity contribution in [3.05, 3.63) is 47.5 Å². The highest BCUT2D eigenvalue weighted by Gasteiger charge is 2.34. The number of hydrogen-bond acceptors (Lipinski definition) is 2. The lowest BCUT2D eigenvalue weighted by Gasteiger charge is -2.28. The lowest BCUT2D eigenvalue weighted by Crippen LogP contribution is -2.52. The van der Waals surface area contributed by atoms with E-state index in [1.807, 2.05) is 18.2 Å². The molecule has 2 rings (SSSR count). The Hall–Kier alpha value is -2.10. The Morgan fingerprint density at radius 1 is 1.24 bits per heavy atom. The van der Waals surface area contributed by atoms with E-state index in [1.54, 1.807) is 19.1 Å². The number of carbonyl (C=O) groups excluding carboxylic acids is 2. The molecule has 0 bridgehead atoms. The minimum atomic E-state index is -1.17. The maximum Gasteiger partial charge on any atom is 0.247 e. The second-order valence-corrected chi connectivity index (χ2v) is 5.69. The zero-order chi connectivity index (χ0) is 15.3. The number of carbonyl (C=O) groups is 2. The number of nitrogens with one attached hydrogen (secondary N) is 1. The van der Waals surface area contributed by atoms with Crippen LogP contribution < -0.4 is 11.1 Å². The van der Waals surface area contributed by atoms with Gasteiger partial charge >= 0.3 is 0 Å². The Labute approximate surface area is 125 Å². The van der Waals surface area contributed by atoms with E-state index < -0.39 is 11.4 Å². The summed E-state index contributed by atoms with van der Waals surface area (Å²) in [4.78, 5) is 24.1. The van der Waals surface area contributed by atoms with Gasteiger partial charge in [0.2, 0.25) is 11.8 Å². The third kappa shape index (κ3) is 3.72. The fourth-order valence-corrected chi connectivity index (χ4v) is 2.64. The van der Waals surface area contributed by atoms with Crippen LogP contribution in [0.1, 0.15) is 44.6 Å². The van der Waals surface area contributed by atoms with E-state index in [-0.39, 0.29) is 5.91 Å². The van der Waals surface area contributed by atoms with E-state index in [0.717, 1.165) is 24.8 Å². The highest BCUT2D eigenvalue weighted by molar-refractivity contribution is 5.91. The van der Waals surface area contributed by atoms with Gasteiger partial charge in [-0.05, 0) is 38.2 Å². The molecule has 1 aromatic carbocycles. The summed E-state index contributed by atoms with van der Waals surface area (Å²) in [6.45, 7) is 1.65. The summed E-state index contributed by atoms with van der Waals surface area (Å²) in [7, 11) is 0. The second kappa shape index (κ2) is 6.57. The first-order valence-electron chi connectivity index (χ1n) is 7.37.